The highest BCUT2D eigenvalue weighted by molar-refractivity contribution is 6.35. The molecule has 7 nitrogen and oxygen atoms in total. The van der Waals surface area contributed by atoms with Gasteiger partial charge < -0.3 is 14.8 Å². The van der Waals surface area contributed by atoms with E-state index >= 15 is 0 Å². The zero-order valence-electron chi connectivity index (χ0n) is 19.3. The van der Waals surface area contributed by atoms with E-state index in [1.165, 1.54) is 6.33 Å². The van der Waals surface area contributed by atoms with Gasteiger partial charge in [-0.05, 0) is 42.3 Å². The van der Waals surface area contributed by atoms with E-state index in [-0.39, 0.29) is 13.2 Å². The van der Waals surface area contributed by atoms with Gasteiger partial charge in [0.25, 0.3) is 0 Å². The number of ether oxygens (including phenoxy) is 2. The lowest BCUT2D eigenvalue weighted by atomic mass is 9.93. The van der Waals surface area contributed by atoms with Gasteiger partial charge >= 0.3 is 5.97 Å². The highest BCUT2D eigenvalue weighted by Gasteiger charge is 2.36. The zero-order chi connectivity index (χ0) is 25.1. The lowest BCUT2D eigenvalue weighted by Crippen LogP contribution is -2.30. The van der Waals surface area contributed by atoms with Gasteiger partial charge in [0, 0.05) is 15.6 Å². The third kappa shape index (κ3) is 4.67. The molecule has 4 aromatic rings. The number of hydrogen-bond donors (Lipinski definition) is 1. The Kier molecular flexibility index (Phi) is 6.93. The molecule has 0 spiro atoms. The molecule has 9 heteroatoms. The number of benzene rings is 3. The molecule has 0 saturated heterocycles. The molecule has 182 valence electrons. The number of nitrogens with zero attached hydrogens (tertiary/aromatic N) is 3. The number of nitrogens with one attached hydrogen (secondary N) is 1. The van der Waals surface area contributed by atoms with Gasteiger partial charge in [0.1, 0.15) is 24.7 Å². The van der Waals surface area contributed by atoms with Crippen LogP contribution in [0.1, 0.15) is 29.7 Å². The summed E-state index contributed by atoms with van der Waals surface area (Å²) >= 11 is 12.5. The molecule has 1 N–H and O–H groups in total. The van der Waals surface area contributed by atoms with Crippen LogP contribution in [0.25, 0.3) is 5.70 Å². The maximum Gasteiger partial charge on any atom is 0.338 e. The van der Waals surface area contributed by atoms with Crippen LogP contribution < -0.4 is 10.1 Å². The molecule has 36 heavy (non-hydrogen) atoms. The van der Waals surface area contributed by atoms with Gasteiger partial charge in [0.15, 0.2) is 0 Å². The van der Waals surface area contributed by atoms with Gasteiger partial charge in [-0.25, -0.2) is 9.48 Å². The van der Waals surface area contributed by atoms with Crippen molar-refractivity contribution in [2.45, 2.75) is 19.6 Å². The first-order valence-electron chi connectivity index (χ1n) is 11.4. The molecule has 1 atom stereocenters. The van der Waals surface area contributed by atoms with Crippen LogP contribution in [0.4, 0.5) is 5.95 Å². The summed E-state index contributed by atoms with van der Waals surface area (Å²) in [5.74, 6) is 0.733. The van der Waals surface area contributed by atoms with E-state index in [1.807, 2.05) is 54.6 Å². The van der Waals surface area contributed by atoms with Crippen LogP contribution in [-0.4, -0.2) is 27.3 Å². The summed E-state index contributed by atoms with van der Waals surface area (Å²) < 4.78 is 13.1. The fourth-order valence-corrected chi connectivity index (χ4v) is 4.61. The molecule has 1 aliphatic rings. The number of rotatable bonds is 7. The molecule has 0 amide bonds. The minimum absolute atomic E-state index is 0.227. The van der Waals surface area contributed by atoms with Gasteiger partial charge in [-0.3, -0.25) is 0 Å². The first kappa shape index (κ1) is 23.9. The second kappa shape index (κ2) is 10.4. The van der Waals surface area contributed by atoms with Crippen molar-refractivity contribution in [2.75, 3.05) is 11.9 Å². The normalized spacial score (nSPS) is 14.7. The van der Waals surface area contributed by atoms with E-state index < -0.39 is 12.0 Å². The molecule has 3 aromatic carbocycles. The molecule has 0 aliphatic carbocycles. The molecule has 0 bridgehead atoms. The van der Waals surface area contributed by atoms with E-state index in [1.54, 1.807) is 29.8 Å². The Balaban J connectivity index is 1.51. The molecule has 2 heterocycles. The van der Waals surface area contributed by atoms with Gasteiger partial charge in [-0.1, -0.05) is 71.7 Å². The van der Waals surface area contributed by atoms with Crippen molar-refractivity contribution in [3.63, 3.8) is 0 Å². The van der Waals surface area contributed by atoms with Crippen molar-refractivity contribution in [1.82, 2.24) is 14.8 Å². The number of carbonyl (C=O) groups excluding carboxylic acids is 1. The van der Waals surface area contributed by atoms with Crippen molar-refractivity contribution in [2.24, 2.45) is 0 Å². The highest BCUT2D eigenvalue weighted by Crippen LogP contribution is 2.39. The molecular formula is C27H22Cl2N4O3. The van der Waals surface area contributed by atoms with Crippen LogP contribution in [0.2, 0.25) is 10.0 Å². The zero-order valence-corrected chi connectivity index (χ0v) is 20.8. The van der Waals surface area contributed by atoms with E-state index in [0.717, 1.165) is 16.7 Å². The predicted molar refractivity (Wildman–Crippen MR) is 139 cm³/mol. The van der Waals surface area contributed by atoms with Crippen LogP contribution in [0, 0.1) is 0 Å². The smallest absolute Gasteiger partial charge is 0.338 e. The fourth-order valence-electron chi connectivity index (χ4n) is 4.10. The minimum atomic E-state index is -0.551. The lowest BCUT2D eigenvalue weighted by Gasteiger charge is -2.29. The van der Waals surface area contributed by atoms with Crippen molar-refractivity contribution in [3.05, 3.63) is 111 Å². The van der Waals surface area contributed by atoms with Crippen LogP contribution in [0.5, 0.6) is 5.75 Å². The van der Waals surface area contributed by atoms with Crippen LogP contribution >= 0.6 is 23.2 Å². The lowest BCUT2D eigenvalue weighted by molar-refractivity contribution is -0.138. The van der Waals surface area contributed by atoms with Crippen LogP contribution in [-0.2, 0) is 16.1 Å². The highest BCUT2D eigenvalue weighted by atomic mass is 35.5. The second-order valence-corrected chi connectivity index (χ2v) is 8.80. The Morgan fingerprint density at radius 1 is 1.00 bits per heavy atom. The number of esters is 1. The quantitative estimate of drug-likeness (QED) is 0.294. The Labute approximate surface area is 218 Å². The monoisotopic (exact) mass is 520 g/mol. The average Bonchev–Trinajstić information content (AvgIpc) is 3.37. The molecule has 0 radical (unpaired) electrons. The number of halogens is 2. The second-order valence-electron chi connectivity index (χ2n) is 7.99. The first-order chi connectivity index (χ1) is 17.6. The number of anilines is 1. The Hall–Kier alpha value is -3.81. The third-order valence-electron chi connectivity index (χ3n) is 5.80. The van der Waals surface area contributed by atoms with E-state index in [2.05, 4.69) is 15.4 Å². The maximum absolute atomic E-state index is 13.3. The standard InChI is InChI=1S/C27H22Cl2N4O3/c1-2-35-26(34)23-24(17-7-4-3-5-8-17)32-27-30-16-31-33(27)25(23)18-11-13-19(14-12-18)36-15-20-21(28)9-6-10-22(20)29/h3-14,16,25H,2,15H2,1H3,(H,30,31,32)/t25-/m1/s1. The van der Waals surface area contributed by atoms with Crippen LogP contribution in [0.3, 0.4) is 0 Å². The van der Waals surface area contributed by atoms with Crippen molar-refractivity contribution in [3.8, 4) is 5.75 Å². The SMILES string of the molecule is CCOC(=O)C1=C(c2ccccc2)Nc2ncnn2[C@@H]1c1ccc(OCc2c(Cl)cccc2Cl)cc1. The molecule has 5 rings (SSSR count). The summed E-state index contributed by atoms with van der Waals surface area (Å²) in [5.41, 5.74) is 3.46. The van der Waals surface area contributed by atoms with Crippen molar-refractivity contribution >= 4 is 40.8 Å². The topological polar surface area (TPSA) is 78.3 Å². The number of aromatic nitrogens is 3. The molecule has 1 aliphatic heterocycles. The summed E-state index contributed by atoms with van der Waals surface area (Å²) in [6.45, 7) is 2.26. The summed E-state index contributed by atoms with van der Waals surface area (Å²) in [6.07, 6.45) is 1.46. The van der Waals surface area contributed by atoms with E-state index in [4.69, 9.17) is 32.7 Å². The number of carbonyl (C=O) groups is 1. The first-order valence-corrected chi connectivity index (χ1v) is 12.1. The molecule has 0 saturated carbocycles. The fraction of sp³-hybridized carbons (Fsp3) is 0.148. The Morgan fingerprint density at radius 2 is 1.72 bits per heavy atom. The van der Waals surface area contributed by atoms with E-state index in [0.29, 0.717) is 33.0 Å². The average molecular weight is 521 g/mol. The Bertz CT molecular complexity index is 1400. The van der Waals surface area contributed by atoms with Crippen molar-refractivity contribution < 1.29 is 14.3 Å². The van der Waals surface area contributed by atoms with Gasteiger partial charge in [-0.15, -0.1) is 0 Å². The van der Waals surface area contributed by atoms with Crippen molar-refractivity contribution in [1.29, 1.82) is 0 Å². The summed E-state index contributed by atoms with van der Waals surface area (Å²) in [7, 11) is 0. The van der Waals surface area contributed by atoms with Gasteiger partial charge in [-0.2, -0.15) is 10.1 Å². The summed E-state index contributed by atoms with van der Waals surface area (Å²) in [5, 5.41) is 8.75. The molecule has 1 aromatic heterocycles. The molecule has 0 unspecified atom stereocenters. The van der Waals surface area contributed by atoms with Gasteiger partial charge in [0.05, 0.1) is 17.9 Å². The minimum Gasteiger partial charge on any atom is -0.489 e. The number of fused-ring (bicyclic) bond motifs is 1. The molecular weight excluding hydrogens is 499 g/mol. The van der Waals surface area contributed by atoms with Gasteiger partial charge in [0.2, 0.25) is 5.95 Å². The third-order valence-corrected chi connectivity index (χ3v) is 6.50. The Morgan fingerprint density at radius 3 is 2.42 bits per heavy atom. The number of hydrogen-bond acceptors (Lipinski definition) is 6. The predicted octanol–water partition coefficient (Wildman–Crippen LogP) is 6.15. The summed E-state index contributed by atoms with van der Waals surface area (Å²) in [6, 6.07) is 21.9. The van der Waals surface area contributed by atoms with E-state index in [9.17, 15) is 4.79 Å². The maximum atomic E-state index is 13.3. The summed E-state index contributed by atoms with van der Waals surface area (Å²) in [4.78, 5) is 17.6. The van der Waals surface area contributed by atoms with Crippen LogP contribution in [0.15, 0.2) is 84.7 Å². The largest absolute Gasteiger partial charge is 0.489 e. The molecule has 0 fully saturated rings.